The number of carbonyl (C=O) groups excluding carboxylic acids is 1. The zero-order valence-corrected chi connectivity index (χ0v) is 10.0. The molecule has 0 heterocycles. The van der Waals surface area contributed by atoms with Gasteiger partial charge in [0, 0.05) is 5.41 Å². The summed E-state index contributed by atoms with van der Waals surface area (Å²) in [6.45, 7) is 11.5. The molecule has 0 saturated heterocycles. The molecule has 116 valence electrons. The summed E-state index contributed by atoms with van der Waals surface area (Å²) in [5.41, 5.74) is -2.04. The van der Waals surface area contributed by atoms with E-state index in [4.69, 9.17) is 4.74 Å². The summed E-state index contributed by atoms with van der Waals surface area (Å²) in [4.78, 5) is 10.4. The predicted octanol–water partition coefficient (Wildman–Crippen LogP) is 4.67. The minimum Gasteiger partial charge on any atom is -0.461 e. The second-order valence-corrected chi connectivity index (χ2v) is 4.97. The van der Waals surface area contributed by atoms with Gasteiger partial charge < -0.3 is 9.84 Å². The van der Waals surface area contributed by atoms with Gasteiger partial charge >= 0.3 is 0 Å². The first-order valence-corrected chi connectivity index (χ1v) is 4.96. The Bertz CT molecular complexity index is 204. The molecule has 0 aromatic heterocycles. The highest BCUT2D eigenvalue weighted by Gasteiger charge is 2.51. The molecule has 1 unspecified atom stereocenters. The summed E-state index contributed by atoms with van der Waals surface area (Å²) < 4.78 is 5.07. The van der Waals surface area contributed by atoms with Crippen molar-refractivity contribution in [3.05, 3.63) is 0 Å². The van der Waals surface area contributed by atoms with Crippen LogP contribution in [-0.2, 0) is 9.53 Å². The third kappa shape index (κ3) is 5.38. The van der Waals surface area contributed by atoms with Gasteiger partial charge in [-0.15, -0.1) is 0 Å². The number of ether oxygens (including phenoxy) is 1. The molecular formula is C15H38O3. The SMILES string of the molecule is C.C.C.C.CCC(C)(C(C)(C)O)C(C)(C)OC=O. The van der Waals surface area contributed by atoms with Crippen molar-refractivity contribution >= 4 is 6.47 Å². The van der Waals surface area contributed by atoms with E-state index < -0.39 is 16.6 Å². The zero-order chi connectivity index (χ0) is 11.6. The molecule has 0 aliphatic carbocycles. The van der Waals surface area contributed by atoms with Gasteiger partial charge in [-0.1, -0.05) is 43.6 Å². The molecule has 3 heteroatoms. The minimum absolute atomic E-state index is 0. The fraction of sp³-hybridized carbons (Fsp3) is 0.933. The second-order valence-electron chi connectivity index (χ2n) is 4.97. The van der Waals surface area contributed by atoms with E-state index in [1.165, 1.54) is 0 Å². The molecule has 1 atom stereocenters. The van der Waals surface area contributed by atoms with Crippen LogP contribution in [0, 0.1) is 5.41 Å². The largest absolute Gasteiger partial charge is 0.461 e. The van der Waals surface area contributed by atoms with E-state index in [1.54, 1.807) is 13.8 Å². The Labute approximate surface area is 116 Å². The molecule has 0 spiro atoms. The van der Waals surface area contributed by atoms with E-state index in [9.17, 15) is 9.90 Å². The Morgan fingerprint density at radius 2 is 1.33 bits per heavy atom. The van der Waals surface area contributed by atoms with Gasteiger partial charge in [-0.25, -0.2) is 0 Å². The Balaban J connectivity index is -0.000000141. The first-order chi connectivity index (χ1) is 6.12. The molecule has 0 amide bonds. The second kappa shape index (κ2) is 9.37. The average molecular weight is 266 g/mol. The van der Waals surface area contributed by atoms with Gasteiger partial charge in [-0.2, -0.15) is 0 Å². The van der Waals surface area contributed by atoms with Gasteiger partial charge in [0.15, 0.2) is 0 Å². The average Bonchev–Trinajstić information content (AvgIpc) is 2.00. The number of hydrogen-bond acceptors (Lipinski definition) is 3. The van der Waals surface area contributed by atoms with Crippen molar-refractivity contribution in [1.29, 1.82) is 0 Å². The maximum Gasteiger partial charge on any atom is 0.293 e. The van der Waals surface area contributed by atoms with Crippen LogP contribution in [0.25, 0.3) is 0 Å². The summed E-state index contributed by atoms with van der Waals surface area (Å²) >= 11 is 0. The quantitative estimate of drug-likeness (QED) is 0.736. The fourth-order valence-electron chi connectivity index (χ4n) is 1.85. The number of aliphatic hydroxyl groups is 1. The summed E-state index contributed by atoms with van der Waals surface area (Å²) in [7, 11) is 0. The van der Waals surface area contributed by atoms with Crippen molar-refractivity contribution in [3.63, 3.8) is 0 Å². The lowest BCUT2D eigenvalue weighted by Gasteiger charge is -2.49. The number of hydrogen-bond donors (Lipinski definition) is 1. The van der Waals surface area contributed by atoms with Crippen LogP contribution in [0.1, 0.15) is 77.7 Å². The molecule has 0 bridgehead atoms. The Morgan fingerprint density at radius 1 is 1.00 bits per heavy atom. The van der Waals surface area contributed by atoms with Crippen molar-refractivity contribution in [3.8, 4) is 0 Å². The topological polar surface area (TPSA) is 46.5 Å². The summed E-state index contributed by atoms with van der Waals surface area (Å²) in [5.74, 6) is 0. The van der Waals surface area contributed by atoms with Crippen LogP contribution in [0.5, 0.6) is 0 Å². The van der Waals surface area contributed by atoms with E-state index >= 15 is 0 Å². The van der Waals surface area contributed by atoms with Crippen LogP contribution in [0.2, 0.25) is 0 Å². The third-order valence-electron chi connectivity index (χ3n) is 3.73. The van der Waals surface area contributed by atoms with Gasteiger partial charge in [0.25, 0.3) is 6.47 Å². The molecule has 0 rings (SSSR count). The molecule has 0 aromatic carbocycles. The lowest BCUT2D eigenvalue weighted by molar-refractivity contribution is -0.185. The molecule has 1 N–H and O–H groups in total. The van der Waals surface area contributed by atoms with Crippen molar-refractivity contribution < 1.29 is 14.6 Å². The summed E-state index contributed by atoms with van der Waals surface area (Å²) in [5, 5.41) is 10.1. The van der Waals surface area contributed by atoms with Crippen molar-refractivity contribution in [2.24, 2.45) is 5.41 Å². The number of carbonyl (C=O) groups is 1. The highest BCUT2D eigenvalue weighted by Crippen LogP contribution is 2.45. The first kappa shape index (κ1) is 30.5. The van der Waals surface area contributed by atoms with Crippen LogP contribution < -0.4 is 0 Å². The van der Waals surface area contributed by atoms with Crippen LogP contribution in [0.15, 0.2) is 0 Å². The number of rotatable bonds is 5. The van der Waals surface area contributed by atoms with E-state index in [0.717, 1.165) is 6.42 Å². The molecular weight excluding hydrogens is 228 g/mol. The fourth-order valence-corrected chi connectivity index (χ4v) is 1.85. The maximum atomic E-state index is 10.4. The van der Waals surface area contributed by atoms with Crippen LogP contribution >= 0.6 is 0 Å². The van der Waals surface area contributed by atoms with Gasteiger partial charge in [0.2, 0.25) is 0 Å². The van der Waals surface area contributed by atoms with Gasteiger partial charge in [-0.3, -0.25) is 4.79 Å². The van der Waals surface area contributed by atoms with Gasteiger partial charge in [0.1, 0.15) is 5.60 Å². The van der Waals surface area contributed by atoms with E-state index in [-0.39, 0.29) is 29.7 Å². The highest BCUT2D eigenvalue weighted by molar-refractivity contribution is 5.38. The smallest absolute Gasteiger partial charge is 0.293 e. The Hall–Kier alpha value is -0.570. The van der Waals surface area contributed by atoms with Crippen LogP contribution in [0.3, 0.4) is 0 Å². The molecule has 0 saturated carbocycles. The van der Waals surface area contributed by atoms with Crippen molar-refractivity contribution in [2.75, 3.05) is 0 Å². The minimum atomic E-state index is -0.895. The third-order valence-corrected chi connectivity index (χ3v) is 3.73. The molecule has 0 fully saturated rings. The van der Waals surface area contributed by atoms with Crippen molar-refractivity contribution in [2.45, 2.75) is 88.9 Å². The Morgan fingerprint density at radius 3 is 1.50 bits per heavy atom. The zero-order valence-electron chi connectivity index (χ0n) is 10.0. The van der Waals surface area contributed by atoms with Gasteiger partial charge in [0.05, 0.1) is 5.60 Å². The summed E-state index contributed by atoms with van der Waals surface area (Å²) in [6.07, 6.45) is 0.733. The standard InChI is InChI=1S/C11H22O3.4CH4/c1-7-11(6,9(2,3)13)10(4,5)14-8-12;;;;/h8,13H,7H2,1-6H3;4*1H4. The van der Waals surface area contributed by atoms with Crippen molar-refractivity contribution in [1.82, 2.24) is 0 Å². The first-order valence-electron chi connectivity index (χ1n) is 4.96. The summed E-state index contributed by atoms with van der Waals surface area (Å²) in [6, 6.07) is 0. The predicted molar refractivity (Wildman–Crippen MR) is 82.8 cm³/mol. The van der Waals surface area contributed by atoms with E-state index in [2.05, 4.69) is 0 Å². The van der Waals surface area contributed by atoms with E-state index in [1.807, 2.05) is 27.7 Å². The molecule has 0 aliphatic heterocycles. The highest BCUT2D eigenvalue weighted by atomic mass is 16.5. The Kier molecular flexibility index (Phi) is 15.9. The lowest BCUT2D eigenvalue weighted by atomic mass is 9.63. The lowest BCUT2D eigenvalue weighted by Crippen LogP contribution is -2.55. The normalized spacial score (nSPS) is 13.5. The van der Waals surface area contributed by atoms with Crippen LogP contribution in [-0.4, -0.2) is 22.8 Å². The van der Waals surface area contributed by atoms with Gasteiger partial charge in [-0.05, 0) is 34.1 Å². The molecule has 0 aliphatic rings. The van der Waals surface area contributed by atoms with E-state index in [0.29, 0.717) is 6.47 Å². The molecule has 3 nitrogen and oxygen atoms in total. The molecule has 0 aromatic rings. The molecule has 18 heavy (non-hydrogen) atoms. The maximum absolute atomic E-state index is 10.4. The molecule has 0 radical (unpaired) electrons. The monoisotopic (exact) mass is 266 g/mol. The van der Waals surface area contributed by atoms with Crippen LogP contribution in [0.4, 0.5) is 0 Å².